The topological polar surface area (TPSA) is 78.5 Å². The Kier molecular flexibility index (Phi) is 3.95. The zero-order chi connectivity index (χ0) is 15.5. The minimum absolute atomic E-state index is 0.0544. The number of ether oxygens (including phenoxy) is 1. The van der Waals surface area contributed by atoms with Crippen molar-refractivity contribution in [1.82, 2.24) is 19.8 Å². The summed E-state index contributed by atoms with van der Waals surface area (Å²) in [5.74, 6) is -0.0544. The fraction of sp³-hybridized carbons (Fsp3) is 0.400. The van der Waals surface area contributed by atoms with Crippen LogP contribution in [-0.2, 0) is 4.74 Å². The Hall–Kier alpha value is -2.57. The molecule has 0 bridgehead atoms. The molecule has 1 aliphatic rings. The van der Waals surface area contributed by atoms with Crippen LogP contribution in [0, 0.1) is 0 Å². The Morgan fingerprint density at radius 2 is 1.95 bits per heavy atom. The average Bonchev–Trinajstić information content (AvgIpc) is 3.03. The normalized spacial score (nSPS) is 15.1. The maximum absolute atomic E-state index is 12.7. The summed E-state index contributed by atoms with van der Waals surface area (Å²) in [7, 11) is 0. The van der Waals surface area contributed by atoms with Gasteiger partial charge in [-0.05, 0) is 19.1 Å². The number of para-hydroxylation sites is 1. The number of amides is 2. The number of carbonyl (C=O) groups is 2. The largest absolute Gasteiger partial charge is 0.450 e. The van der Waals surface area contributed by atoms with E-state index in [0.29, 0.717) is 43.9 Å². The van der Waals surface area contributed by atoms with E-state index < -0.39 is 0 Å². The first-order chi connectivity index (χ1) is 10.7. The number of aromatic amines is 1. The van der Waals surface area contributed by atoms with Gasteiger partial charge in [0.25, 0.3) is 5.91 Å². The highest BCUT2D eigenvalue weighted by atomic mass is 16.6. The van der Waals surface area contributed by atoms with Crippen LogP contribution in [-0.4, -0.2) is 64.6 Å². The Labute approximate surface area is 127 Å². The highest BCUT2D eigenvalue weighted by Crippen LogP contribution is 2.17. The Morgan fingerprint density at radius 1 is 1.23 bits per heavy atom. The number of nitrogens with one attached hydrogen (secondary N) is 1. The van der Waals surface area contributed by atoms with Crippen LogP contribution >= 0.6 is 0 Å². The van der Waals surface area contributed by atoms with E-state index >= 15 is 0 Å². The first kappa shape index (κ1) is 14.4. The molecule has 0 saturated carbocycles. The number of H-pyrrole nitrogens is 1. The van der Waals surface area contributed by atoms with Gasteiger partial charge in [-0.15, -0.1) is 0 Å². The van der Waals surface area contributed by atoms with Gasteiger partial charge in [0.05, 0.1) is 24.0 Å². The summed E-state index contributed by atoms with van der Waals surface area (Å²) in [6, 6.07) is 5.50. The third-order valence-electron chi connectivity index (χ3n) is 3.77. The SMILES string of the molecule is CCOC(=O)N1CCN(C(=O)c2cccc3[nH]cnc23)CC1. The maximum Gasteiger partial charge on any atom is 0.409 e. The molecular formula is C15H18N4O3. The predicted octanol–water partition coefficient (Wildman–Crippen LogP) is 1.48. The standard InChI is InChI=1S/C15H18N4O3/c1-2-22-15(21)19-8-6-18(7-9-19)14(20)11-4-3-5-12-13(11)17-10-16-12/h3-5,10H,2,6-9H2,1H3,(H,16,17). The van der Waals surface area contributed by atoms with E-state index in [1.807, 2.05) is 12.1 Å². The van der Waals surface area contributed by atoms with Gasteiger partial charge >= 0.3 is 6.09 Å². The van der Waals surface area contributed by atoms with Crippen molar-refractivity contribution in [3.8, 4) is 0 Å². The van der Waals surface area contributed by atoms with Gasteiger partial charge in [0.1, 0.15) is 5.52 Å². The van der Waals surface area contributed by atoms with Crippen LogP contribution in [0.4, 0.5) is 4.79 Å². The Balaban J connectivity index is 1.70. The summed E-state index contributed by atoms with van der Waals surface area (Å²) in [5.41, 5.74) is 2.11. The molecule has 0 unspecified atom stereocenters. The van der Waals surface area contributed by atoms with Crippen LogP contribution < -0.4 is 0 Å². The van der Waals surface area contributed by atoms with Crippen LogP contribution in [0.3, 0.4) is 0 Å². The fourth-order valence-electron chi connectivity index (χ4n) is 2.62. The van der Waals surface area contributed by atoms with Crippen LogP contribution in [0.15, 0.2) is 24.5 Å². The molecule has 0 atom stereocenters. The van der Waals surface area contributed by atoms with E-state index in [4.69, 9.17) is 4.74 Å². The second-order valence-electron chi connectivity index (χ2n) is 5.08. The van der Waals surface area contributed by atoms with Gasteiger partial charge < -0.3 is 19.5 Å². The number of nitrogens with zero attached hydrogens (tertiary/aromatic N) is 3. The number of piperazine rings is 1. The van der Waals surface area contributed by atoms with Crippen molar-refractivity contribution in [2.45, 2.75) is 6.92 Å². The van der Waals surface area contributed by atoms with Gasteiger partial charge in [-0.3, -0.25) is 4.79 Å². The molecule has 0 radical (unpaired) electrons. The number of hydrogen-bond donors (Lipinski definition) is 1. The molecule has 1 aromatic heterocycles. The number of hydrogen-bond acceptors (Lipinski definition) is 4. The summed E-state index contributed by atoms with van der Waals surface area (Å²) in [6.07, 6.45) is 1.27. The molecule has 1 aromatic carbocycles. The van der Waals surface area contributed by atoms with Crippen molar-refractivity contribution >= 4 is 23.0 Å². The molecule has 1 saturated heterocycles. The molecule has 22 heavy (non-hydrogen) atoms. The Bertz CT molecular complexity index is 689. The lowest BCUT2D eigenvalue weighted by Gasteiger charge is -2.34. The molecule has 2 aromatic rings. The summed E-state index contributed by atoms with van der Waals surface area (Å²) in [6.45, 7) is 4.11. The van der Waals surface area contributed by atoms with Crippen LogP contribution in [0.1, 0.15) is 17.3 Å². The van der Waals surface area contributed by atoms with Crippen molar-refractivity contribution in [2.75, 3.05) is 32.8 Å². The molecule has 116 valence electrons. The molecule has 2 amide bonds. The van der Waals surface area contributed by atoms with E-state index in [-0.39, 0.29) is 12.0 Å². The van der Waals surface area contributed by atoms with Gasteiger partial charge in [0.15, 0.2) is 0 Å². The molecular weight excluding hydrogens is 284 g/mol. The van der Waals surface area contributed by atoms with Gasteiger partial charge in [0.2, 0.25) is 0 Å². The third kappa shape index (κ3) is 2.61. The van der Waals surface area contributed by atoms with E-state index in [1.54, 1.807) is 29.1 Å². The van der Waals surface area contributed by atoms with E-state index in [1.165, 1.54) is 0 Å². The molecule has 3 rings (SSSR count). The van der Waals surface area contributed by atoms with E-state index in [2.05, 4.69) is 9.97 Å². The van der Waals surface area contributed by atoms with Crippen molar-refractivity contribution in [2.24, 2.45) is 0 Å². The first-order valence-electron chi connectivity index (χ1n) is 7.33. The van der Waals surface area contributed by atoms with Crippen molar-refractivity contribution in [3.05, 3.63) is 30.1 Å². The summed E-state index contributed by atoms with van der Waals surface area (Å²) < 4.78 is 4.98. The molecule has 7 heteroatoms. The van der Waals surface area contributed by atoms with Crippen LogP contribution in [0.25, 0.3) is 11.0 Å². The summed E-state index contributed by atoms with van der Waals surface area (Å²) in [4.78, 5) is 34.9. The lowest BCUT2D eigenvalue weighted by molar-refractivity contribution is 0.0572. The van der Waals surface area contributed by atoms with Crippen LogP contribution in [0.5, 0.6) is 0 Å². The number of rotatable bonds is 2. The molecule has 0 spiro atoms. The van der Waals surface area contributed by atoms with Crippen molar-refractivity contribution in [3.63, 3.8) is 0 Å². The molecule has 0 aliphatic carbocycles. The second kappa shape index (κ2) is 6.05. The highest BCUT2D eigenvalue weighted by Gasteiger charge is 2.26. The van der Waals surface area contributed by atoms with Gasteiger partial charge in [0, 0.05) is 26.2 Å². The number of carbonyl (C=O) groups excluding carboxylic acids is 2. The average molecular weight is 302 g/mol. The summed E-state index contributed by atoms with van der Waals surface area (Å²) >= 11 is 0. The highest BCUT2D eigenvalue weighted by molar-refractivity contribution is 6.04. The van der Waals surface area contributed by atoms with Crippen molar-refractivity contribution < 1.29 is 14.3 Å². The predicted molar refractivity (Wildman–Crippen MR) is 80.6 cm³/mol. The molecule has 1 fully saturated rings. The number of aromatic nitrogens is 2. The summed E-state index contributed by atoms with van der Waals surface area (Å²) in [5, 5.41) is 0. The third-order valence-corrected chi connectivity index (χ3v) is 3.77. The first-order valence-corrected chi connectivity index (χ1v) is 7.33. The lowest BCUT2D eigenvalue weighted by atomic mass is 10.1. The molecule has 1 aliphatic heterocycles. The fourth-order valence-corrected chi connectivity index (χ4v) is 2.62. The minimum atomic E-state index is -0.316. The maximum atomic E-state index is 12.7. The number of benzene rings is 1. The molecule has 1 N–H and O–H groups in total. The van der Waals surface area contributed by atoms with Gasteiger partial charge in [-0.2, -0.15) is 0 Å². The lowest BCUT2D eigenvalue weighted by Crippen LogP contribution is -2.50. The number of fused-ring (bicyclic) bond motifs is 1. The van der Waals surface area contributed by atoms with E-state index in [9.17, 15) is 9.59 Å². The zero-order valence-electron chi connectivity index (χ0n) is 12.4. The minimum Gasteiger partial charge on any atom is -0.450 e. The van der Waals surface area contributed by atoms with Gasteiger partial charge in [-0.1, -0.05) is 6.07 Å². The molecule has 7 nitrogen and oxygen atoms in total. The Morgan fingerprint density at radius 3 is 2.68 bits per heavy atom. The second-order valence-corrected chi connectivity index (χ2v) is 5.08. The number of imidazole rings is 1. The monoisotopic (exact) mass is 302 g/mol. The van der Waals surface area contributed by atoms with E-state index in [0.717, 1.165) is 5.52 Å². The molecule has 2 heterocycles. The van der Waals surface area contributed by atoms with Gasteiger partial charge in [-0.25, -0.2) is 9.78 Å². The quantitative estimate of drug-likeness (QED) is 0.911. The smallest absolute Gasteiger partial charge is 0.409 e. The van der Waals surface area contributed by atoms with Crippen molar-refractivity contribution in [1.29, 1.82) is 0 Å². The van der Waals surface area contributed by atoms with Crippen LogP contribution in [0.2, 0.25) is 0 Å². The zero-order valence-corrected chi connectivity index (χ0v) is 12.4.